The van der Waals surface area contributed by atoms with Gasteiger partial charge in [0.1, 0.15) is 0 Å². The Morgan fingerprint density at radius 3 is 2.52 bits per heavy atom. The summed E-state index contributed by atoms with van der Waals surface area (Å²) < 4.78 is 32.3. The van der Waals surface area contributed by atoms with Gasteiger partial charge in [-0.1, -0.05) is 18.2 Å². The smallest absolute Gasteiger partial charge is 0.307 e. The summed E-state index contributed by atoms with van der Waals surface area (Å²) in [6, 6.07) is 15.9. The number of methoxy groups -OCH3 is 1. The Kier molecular flexibility index (Phi) is 5.27. The number of esters is 1. The first-order chi connectivity index (χ1) is 12.9. The van der Waals surface area contributed by atoms with E-state index in [0.29, 0.717) is 16.6 Å². The molecule has 0 saturated carbocycles. The van der Waals surface area contributed by atoms with E-state index in [1.807, 2.05) is 0 Å². The van der Waals surface area contributed by atoms with Crippen molar-refractivity contribution in [2.24, 2.45) is 0 Å². The van der Waals surface area contributed by atoms with Crippen molar-refractivity contribution in [1.82, 2.24) is 4.98 Å². The van der Waals surface area contributed by atoms with Crippen LogP contribution in [-0.4, -0.2) is 33.0 Å². The zero-order valence-corrected chi connectivity index (χ0v) is 15.4. The Morgan fingerprint density at radius 2 is 1.81 bits per heavy atom. The lowest BCUT2D eigenvalue weighted by Gasteiger charge is -2.24. The first-order valence-corrected chi connectivity index (χ1v) is 9.63. The van der Waals surface area contributed by atoms with Crippen molar-refractivity contribution in [3.63, 3.8) is 0 Å². The summed E-state index contributed by atoms with van der Waals surface area (Å²) in [4.78, 5) is 25.7. The number of rotatable bonds is 6. The second-order valence-electron chi connectivity index (χ2n) is 5.81. The molecule has 1 aromatic heterocycles. The van der Waals surface area contributed by atoms with Crippen LogP contribution in [0.5, 0.6) is 0 Å². The number of sulfonamides is 1. The molecule has 27 heavy (non-hydrogen) atoms. The van der Waals surface area contributed by atoms with Crippen LogP contribution in [0.25, 0.3) is 10.9 Å². The Hall–Kier alpha value is -3.13. The second kappa shape index (κ2) is 7.63. The molecule has 0 saturated heterocycles. The molecule has 0 amide bonds. The van der Waals surface area contributed by atoms with Crippen LogP contribution in [0.3, 0.4) is 0 Å². The fourth-order valence-corrected chi connectivity index (χ4v) is 4.20. The third-order valence-electron chi connectivity index (χ3n) is 4.07. The number of pyridine rings is 1. The standard InChI is InChI=1S/C19H18N2O5S/c1-26-19(23)11-12-21(15-5-3-2-4-6-15)27(24,25)16-8-9-17-14(13-16)7-10-18(22)20-17/h2-10,13H,11-12H2,1H3,(H,20,22). The van der Waals surface area contributed by atoms with E-state index in [9.17, 15) is 18.0 Å². The minimum Gasteiger partial charge on any atom is -0.469 e. The number of benzene rings is 2. The Morgan fingerprint density at radius 1 is 1.07 bits per heavy atom. The van der Waals surface area contributed by atoms with Crippen molar-refractivity contribution in [1.29, 1.82) is 0 Å². The molecule has 3 rings (SSSR count). The van der Waals surface area contributed by atoms with E-state index in [2.05, 4.69) is 9.72 Å². The summed E-state index contributed by atoms with van der Waals surface area (Å²) in [5.41, 5.74) is 0.729. The minimum atomic E-state index is -3.93. The van der Waals surface area contributed by atoms with Crippen LogP contribution in [-0.2, 0) is 19.6 Å². The number of ether oxygens (including phenoxy) is 1. The fraction of sp³-hybridized carbons (Fsp3) is 0.158. The van der Waals surface area contributed by atoms with Crippen LogP contribution in [0.2, 0.25) is 0 Å². The first-order valence-electron chi connectivity index (χ1n) is 8.19. The van der Waals surface area contributed by atoms with Crippen molar-refractivity contribution in [2.75, 3.05) is 18.0 Å². The van der Waals surface area contributed by atoms with Crippen LogP contribution >= 0.6 is 0 Å². The van der Waals surface area contributed by atoms with Gasteiger partial charge in [-0.2, -0.15) is 0 Å². The lowest BCUT2D eigenvalue weighted by atomic mass is 10.2. The number of carbonyl (C=O) groups excluding carboxylic acids is 1. The van der Waals surface area contributed by atoms with Gasteiger partial charge in [-0.25, -0.2) is 8.42 Å². The molecule has 8 heteroatoms. The van der Waals surface area contributed by atoms with Crippen LogP contribution in [0.1, 0.15) is 6.42 Å². The SMILES string of the molecule is COC(=O)CCN(c1ccccc1)S(=O)(=O)c1ccc2[nH]c(=O)ccc2c1. The van der Waals surface area contributed by atoms with Gasteiger partial charge in [-0.05, 0) is 41.8 Å². The Labute approximate surface area is 156 Å². The molecule has 0 fully saturated rings. The van der Waals surface area contributed by atoms with Crippen LogP contribution in [0, 0.1) is 0 Å². The number of para-hydroxylation sites is 1. The zero-order valence-electron chi connectivity index (χ0n) is 14.6. The van der Waals surface area contributed by atoms with Gasteiger partial charge in [-0.3, -0.25) is 13.9 Å². The van der Waals surface area contributed by atoms with Gasteiger partial charge < -0.3 is 9.72 Å². The molecule has 0 radical (unpaired) electrons. The molecule has 7 nitrogen and oxygen atoms in total. The highest BCUT2D eigenvalue weighted by molar-refractivity contribution is 7.92. The van der Waals surface area contributed by atoms with E-state index < -0.39 is 16.0 Å². The van der Waals surface area contributed by atoms with Gasteiger partial charge in [-0.15, -0.1) is 0 Å². The highest BCUT2D eigenvalue weighted by Gasteiger charge is 2.26. The van der Waals surface area contributed by atoms with Gasteiger partial charge >= 0.3 is 5.97 Å². The van der Waals surface area contributed by atoms with E-state index >= 15 is 0 Å². The number of H-pyrrole nitrogens is 1. The molecular formula is C19H18N2O5S. The molecule has 2 aromatic carbocycles. The Balaban J connectivity index is 2.05. The van der Waals surface area contributed by atoms with E-state index in [1.165, 1.54) is 29.6 Å². The summed E-state index contributed by atoms with van der Waals surface area (Å²) in [7, 11) is -2.67. The maximum atomic E-state index is 13.2. The molecule has 0 atom stereocenters. The molecule has 0 aliphatic heterocycles. The molecule has 0 aliphatic carbocycles. The lowest BCUT2D eigenvalue weighted by Crippen LogP contribution is -2.33. The number of hydrogen-bond donors (Lipinski definition) is 1. The number of aromatic nitrogens is 1. The molecule has 1 N–H and O–H groups in total. The van der Waals surface area contributed by atoms with E-state index in [-0.39, 0.29) is 23.4 Å². The average Bonchev–Trinajstić information content (AvgIpc) is 2.68. The minimum absolute atomic E-state index is 0.0529. The van der Waals surface area contributed by atoms with Gasteiger partial charge in [0.05, 0.1) is 24.1 Å². The number of hydrogen-bond acceptors (Lipinski definition) is 5. The number of nitrogens with zero attached hydrogens (tertiary/aromatic N) is 1. The molecular weight excluding hydrogens is 368 g/mol. The molecule has 0 aliphatic rings. The zero-order chi connectivity index (χ0) is 19.4. The largest absolute Gasteiger partial charge is 0.469 e. The maximum Gasteiger partial charge on any atom is 0.307 e. The molecule has 140 valence electrons. The van der Waals surface area contributed by atoms with Crippen molar-refractivity contribution in [3.05, 3.63) is 71.0 Å². The number of anilines is 1. The van der Waals surface area contributed by atoms with Crippen LogP contribution < -0.4 is 9.86 Å². The maximum absolute atomic E-state index is 13.2. The van der Waals surface area contributed by atoms with Gasteiger partial charge in [0.25, 0.3) is 10.0 Å². The Bertz CT molecular complexity index is 1120. The van der Waals surface area contributed by atoms with Crippen molar-refractivity contribution in [2.45, 2.75) is 11.3 Å². The fourth-order valence-electron chi connectivity index (χ4n) is 2.70. The molecule has 0 unspecified atom stereocenters. The van der Waals surface area contributed by atoms with Crippen molar-refractivity contribution >= 4 is 32.6 Å². The first kappa shape index (κ1) is 18.7. The monoisotopic (exact) mass is 386 g/mol. The highest BCUT2D eigenvalue weighted by atomic mass is 32.2. The van der Waals surface area contributed by atoms with E-state index in [4.69, 9.17) is 0 Å². The predicted octanol–water partition coefficient (Wildman–Crippen LogP) is 2.29. The molecule has 0 spiro atoms. The van der Waals surface area contributed by atoms with Crippen LogP contribution in [0.4, 0.5) is 5.69 Å². The second-order valence-corrected chi connectivity index (χ2v) is 7.67. The number of carbonyl (C=O) groups is 1. The molecule has 3 aromatic rings. The van der Waals surface area contributed by atoms with Gasteiger partial charge in [0, 0.05) is 18.1 Å². The van der Waals surface area contributed by atoms with Crippen molar-refractivity contribution < 1.29 is 17.9 Å². The molecule has 0 bridgehead atoms. The van der Waals surface area contributed by atoms with E-state index in [1.54, 1.807) is 42.5 Å². The normalized spacial score (nSPS) is 11.3. The summed E-state index contributed by atoms with van der Waals surface area (Å²) in [5.74, 6) is -0.498. The van der Waals surface area contributed by atoms with Gasteiger partial charge in [0.15, 0.2) is 0 Å². The summed E-state index contributed by atoms with van der Waals surface area (Å²) in [5, 5.41) is 0.594. The van der Waals surface area contributed by atoms with Crippen molar-refractivity contribution in [3.8, 4) is 0 Å². The average molecular weight is 386 g/mol. The van der Waals surface area contributed by atoms with Crippen LogP contribution in [0.15, 0.2) is 70.4 Å². The summed E-state index contributed by atoms with van der Waals surface area (Å²) in [6.45, 7) is -0.0529. The topological polar surface area (TPSA) is 96.5 Å². The quantitative estimate of drug-likeness (QED) is 0.656. The third-order valence-corrected chi connectivity index (χ3v) is 5.90. The number of aromatic amines is 1. The van der Waals surface area contributed by atoms with E-state index in [0.717, 1.165) is 0 Å². The highest BCUT2D eigenvalue weighted by Crippen LogP contribution is 2.25. The number of nitrogens with one attached hydrogen (secondary N) is 1. The predicted molar refractivity (Wildman–Crippen MR) is 102 cm³/mol. The third kappa shape index (κ3) is 4.01. The van der Waals surface area contributed by atoms with Gasteiger partial charge in [0.2, 0.25) is 5.56 Å². The lowest BCUT2D eigenvalue weighted by molar-refractivity contribution is -0.140. The summed E-state index contributed by atoms with van der Waals surface area (Å²) in [6.07, 6.45) is -0.0779. The summed E-state index contributed by atoms with van der Waals surface area (Å²) >= 11 is 0. The molecule has 1 heterocycles. The number of fused-ring (bicyclic) bond motifs is 1.